The predicted molar refractivity (Wildman–Crippen MR) is 120 cm³/mol. The van der Waals surface area contributed by atoms with E-state index in [9.17, 15) is 0 Å². The fourth-order valence-corrected chi connectivity index (χ4v) is 4.01. The molecule has 1 aliphatic rings. The smallest absolute Gasteiger partial charge is 0.223 e. The molecule has 158 valence electrons. The average molecular weight is 436 g/mol. The van der Waals surface area contributed by atoms with Gasteiger partial charge in [0.05, 0.1) is 46.9 Å². The van der Waals surface area contributed by atoms with E-state index in [4.69, 9.17) is 22.3 Å². The average Bonchev–Trinajstić information content (AvgIpc) is 3.20. The largest absolute Gasteiger partial charge is 0.352 e. The Morgan fingerprint density at radius 1 is 0.968 bits per heavy atom. The Hall–Kier alpha value is -3.30. The van der Waals surface area contributed by atoms with Crippen molar-refractivity contribution in [2.24, 2.45) is 5.73 Å². The van der Waals surface area contributed by atoms with E-state index in [0.717, 1.165) is 48.4 Å². The predicted octanol–water partition coefficient (Wildman–Crippen LogP) is 3.66. The second-order valence-electron chi connectivity index (χ2n) is 7.69. The first-order valence-electron chi connectivity index (χ1n) is 10.2. The molecule has 0 aliphatic heterocycles. The summed E-state index contributed by atoms with van der Waals surface area (Å²) in [5.74, 6) is 0.561. The van der Waals surface area contributed by atoms with Gasteiger partial charge in [-0.1, -0.05) is 11.6 Å². The first-order valence-corrected chi connectivity index (χ1v) is 10.6. The normalized spacial score (nSPS) is 18.8. The summed E-state index contributed by atoms with van der Waals surface area (Å²) in [5, 5.41) is 7.18. The van der Waals surface area contributed by atoms with E-state index in [1.165, 1.54) is 6.33 Å². The molecule has 0 aromatic carbocycles. The van der Waals surface area contributed by atoms with Gasteiger partial charge in [-0.2, -0.15) is 0 Å². The molecule has 0 amide bonds. The van der Waals surface area contributed by atoms with Crippen LogP contribution in [0.5, 0.6) is 0 Å². The van der Waals surface area contributed by atoms with Crippen LogP contribution in [-0.4, -0.2) is 41.4 Å². The number of rotatable bonds is 5. The molecule has 4 aromatic rings. The minimum absolute atomic E-state index is 0.295. The molecule has 1 aliphatic carbocycles. The Kier molecular flexibility index (Phi) is 5.35. The lowest BCUT2D eigenvalue weighted by Crippen LogP contribution is -2.33. The van der Waals surface area contributed by atoms with E-state index in [2.05, 4.69) is 30.6 Å². The number of hydrogen-bond acceptors (Lipinski definition) is 8. The van der Waals surface area contributed by atoms with Crippen molar-refractivity contribution in [2.45, 2.75) is 37.8 Å². The van der Waals surface area contributed by atoms with Gasteiger partial charge in [0.1, 0.15) is 17.7 Å². The number of nitrogens with two attached hydrogens (primary N) is 1. The van der Waals surface area contributed by atoms with Gasteiger partial charge in [0.25, 0.3) is 0 Å². The Morgan fingerprint density at radius 2 is 1.77 bits per heavy atom. The first kappa shape index (κ1) is 19.7. The maximum absolute atomic E-state index is 6.48. The molecular formula is C21H22ClN9. The van der Waals surface area contributed by atoms with Gasteiger partial charge < -0.3 is 16.4 Å². The standard InChI is InChI=1S/C21H22ClN9/c22-17-9-27-21(29-14-3-1-13(23)2-4-14)30-20(17)18-10-26-19-6-5-15(11-31(18)19)28-16-7-24-12-25-8-16/h5-14,28H,1-4,23H2,(H,27,29,30). The number of aromatic nitrogens is 6. The van der Waals surface area contributed by atoms with Gasteiger partial charge in [0, 0.05) is 18.3 Å². The van der Waals surface area contributed by atoms with Crippen LogP contribution in [-0.2, 0) is 0 Å². The summed E-state index contributed by atoms with van der Waals surface area (Å²) in [6.45, 7) is 0. The summed E-state index contributed by atoms with van der Waals surface area (Å²) in [6.07, 6.45) is 14.3. The van der Waals surface area contributed by atoms with Crippen molar-refractivity contribution in [2.75, 3.05) is 10.6 Å². The highest BCUT2D eigenvalue weighted by Gasteiger charge is 2.20. The quantitative estimate of drug-likeness (QED) is 0.434. The van der Waals surface area contributed by atoms with Crippen LogP contribution in [0.25, 0.3) is 17.0 Å². The molecule has 0 bridgehead atoms. The van der Waals surface area contributed by atoms with E-state index >= 15 is 0 Å². The van der Waals surface area contributed by atoms with Gasteiger partial charge >= 0.3 is 0 Å². The van der Waals surface area contributed by atoms with Crippen molar-refractivity contribution in [3.63, 3.8) is 0 Å². The van der Waals surface area contributed by atoms with Gasteiger partial charge in [-0.15, -0.1) is 0 Å². The lowest BCUT2D eigenvalue weighted by atomic mass is 9.92. The van der Waals surface area contributed by atoms with Crippen molar-refractivity contribution >= 4 is 34.6 Å². The van der Waals surface area contributed by atoms with E-state index < -0.39 is 0 Å². The monoisotopic (exact) mass is 435 g/mol. The van der Waals surface area contributed by atoms with E-state index in [1.807, 2.05) is 22.7 Å². The van der Waals surface area contributed by atoms with Crippen LogP contribution in [0.15, 0.2) is 49.4 Å². The second-order valence-corrected chi connectivity index (χ2v) is 8.09. The number of nitrogens with zero attached hydrogens (tertiary/aromatic N) is 6. The number of imidazole rings is 1. The molecule has 4 aromatic heterocycles. The third-order valence-electron chi connectivity index (χ3n) is 5.45. The Bertz CT molecular complexity index is 1190. The van der Waals surface area contributed by atoms with Crippen molar-refractivity contribution < 1.29 is 0 Å². The van der Waals surface area contributed by atoms with Crippen LogP contribution in [0.1, 0.15) is 25.7 Å². The van der Waals surface area contributed by atoms with Gasteiger partial charge in [-0.05, 0) is 37.8 Å². The highest BCUT2D eigenvalue weighted by atomic mass is 35.5. The van der Waals surface area contributed by atoms with Crippen LogP contribution in [0.2, 0.25) is 5.02 Å². The molecule has 5 rings (SSSR count). The van der Waals surface area contributed by atoms with E-state index in [1.54, 1.807) is 24.8 Å². The minimum Gasteiger partial charge on any atom is -0.352 e. The molecule has 0 radical (unpaired) electrons. The summed E-state index contributed by atoms with van der Waals surface area (Å²) in [5.41, 5.74) is 9.87. The molecule has 10 heteroatoms. The molecular weight excluding hydrogens is 414 g/mol. The van der Waals surface area contributed by atoms with Crippen LogP contribution in [0.3, 0.4) is 0 Å². The molecule has 4 N–H and O–H groups in total. The van der Waals surface area contributed by atoms with E-state index in [0.29, 0.717) is 28.7 Å². The molecule has 9 nitrogen and oxygen atoms in total. The minimum atomic E-state index is 0.295. The zero-order valence-corrected chi connectivity index (χ0v) is 17.5. The summed E-state index contributed by atoms with van der Waals surface area (Å²) in [7, 11) is 0. The maximum atomic E-state index is 6.48. The van der Waals surface area contributed by atoms with Gasteiger partial charge in [-0.3, -0.25) is 4.40 Å². The molecule has 1 saturated carbocycles. The molecule has 1 fully saturated rings. The number of fused-ring (bicyclic) bond motifs is 1. The fourth-order valence-electron chi connectivity index (χ4n) is 3.82. The van der Waals surface area contributed by atoms with Crippen LogP contribution in [0, 0.1) is 0 Å². The number of anilines is 3. The molecule has 4 heterocycles. The molecule has 0 unspecified atom stereocenters. The fraction of sp³-hybridized carbons (Fsp3) is 0.286. The third-order valence-corrected chi connectivity index (χ3v) is 5.72. The summed E-state index contributed by atoms with van der Waals surface area (Å²) < 4.78 is 1.95. The number of hydrogen-bond donors (Lipinski definition) is 3. The maximum Gasteiger partial charge on any atom is 0.223 e. The van der Waals surface area contributed by atoms with Crippen LogP contribution >= 0.6 is 11.6 Å². The zero-order chi connectivity index (χ0) is 21.2. The van der Waals surface area contributed by atoms with Crippen molar-refractivity contribution in [1.82, 2.24) is 29.3 Å². The van der Waals surface area contributed by atoms with Crippen molar-refractivity contribution in [3.8, 4) is 11.4 Å². The summed E-state index contributed by atoms with van der Waals surface area (Å²) >= 11 is 6.48. The van der Waals surface area contributed by atoms with Crippen LogP contribution < -0.4 is 16.4 Å². The topological polar surface area (TPSA) is 119 Å². The summed E-state index contributed by atoms with van der Waals surface area (Å²) in [6, 6.07) is 4.49. The second kappa shape index (κ2) is 8.44. The lowest BCUT2D eigenvalue weighted by Gasteiger charge is -2.26. The summed E-state index contributed by atoms with van der Waals surface area (Å²) in [4.78, 5) is 21.6. The molecule has 0 spiro atoms. The molecule has 0 saturated heterocycles. The Morgan fingerprint density at radius 3 is 2.58 bits per heavy atom. The van der Waals surface area contributed by atoms with Gasteiger partial charge in [0.2, 0.25) is 5.95 Å². The van der Waals surface area contributed by atoms with Gasteiger partial charge in [0.15, 0.2) is 0 Å². The first-order chi connectivity index (χ1) is 15.2. The van der Waals surface area contributed by atoms with Gasteiger partial charge in [-0.25, -0.2) is 24.9 Å². The van der Waals surface area contributed by atoms with E-state index in [-0.39, 0.29) is 0 Å². The Balaban J connectivity index is 1.45. The highest BCUT2D eigenvalue weighted by Crippen LogP contribution is 2.29. The zero-order valence-electron chi connectivity index (χ0n) is 16.7. The number of halogens is 1. The van der Waals surface area contributed by atoms with Crippen molar-refractivity contribution in [1.29, 1.82) is 0 Å². The SMILES string of the molecule is NC1CCC(Nc2ncc(Cl)c(-c3cnc4ccc(Nc5cncnc5)cn34)n2)CC1. The number of pyridine rings is 1. The molecule has 0 atom stereocenters. The Labute approximate surface area is 184 Å². The number of nitrogens with one attached hydrogen (secondary N) is 2. The molecule has 31 heavy (non-hydrogen) atoms. The highest BCUT2D eigenvalue weighted by molar-refractivity contribution is 6.32. The van der Waals surface area contributed by atoms with Crippen LogP contribution in [0.4, 0.5) is 17.3 Å². The lowest BCUT2D eigenvalue weighted by molar-refractivity contribution is 0.410. The van der Waals surface area contributed by atoms with Crippen molar-refractivity contribution in [3.05, 3.63) is 54.5 Å². The third kappa shape index (κ3) is 4.28.